The van der Waals surface area contributed by atoms with Crippen LogP contribution in [0.3, 0.4) is 0 Å². The number of nitrogens with zero attached hydrogens (tertiary/aromatic N) is 4. The molecular weight excluding hydrogens is 182 g/mol. The maximum absolute atomic E-state index is 9.93. The standard InChI is InChI=1S/C8H17N5O/c1-4-9-6-8(2,14)5-7-10-12-13(3)11-7/h9,14H,4-6H2,1-3H3. The summed E-state index contributed by atoms with van der Waals surface area (Å²) in [5.74, 6) is 0.565. The van der Waals surface area contributed by atoms with Gasteiger partial charge in [-0.05, 0) is 18.7 Å². The lowest BCUT2D eigenvalue weighted by molar-refractivity contribution is 0.0586. The maximum atomic E-state index is 9.93. The number of hydrogen-bond acceptors (Lipinski definition) is 5. The molecule has 14 heavy (non-hydrogen) atoms. The van der Waals surface area contributed by atoms with Gasteiger partial charge in [-0.15, -0.1) is 10.2 Å². The van der Waals surface area contributed by atoms with E-state index in [1.54, 1.807) is 14.0 Å². The van der Waals surface area contributed by atoms with Gasteiger partial charge in [-0.2, -0.15) is 4.80 Å². The SMILES string of the molecule is CCNCC(C)(O)Cc1nnn(C)n1. The zero-order valence-electron chi connectivity index (χ0n) is 8.86. The van der Waals surface area contributed by atoms with Gasteiger partial charge in [0.1, 0.15) is 0 Å². The van der Waals surface area contributed by atoms with E-state index in [2.05, 4.69) is 20.7 Å². The van der Waals surface area contributed by atoms with Crippen molar-refractivity contribution in [3.8, 4) is 0 Å². The number of tetrazole rings is 1. The van der Waals surface area contributed by atoms with Gasteiger partial charge < -0.3 is 10.4 Å². The van der Waals surface area contributed by atoms with Crippen LogP contribution in [0.2, 0.25) is 0 Å². The Morgan fingerprint density at radius 1 is 1.57 bits per heavy atom. The van der Waals surface area contributed by atoms with Gasteiger partial charge in [-0.3, -0.25) is 0 Å². The van der Waals surface area contributed by atoms with Crippen LogP contribution in [0.4, 0.5) is 0 Å². The van der Waals surface area contributed by atoms with Crippen LogP contribution in [-0.4, -0.2) is 44.0 Å². The van der Waals surface area contributed by atoms with Crippen molar-refractivity contribution in [1.82, 2.24) is 25.5 Å². The van der Waals surface area contributed by atoms with Crippen molar-refractivity contribution in [3.63, 3.8) is 0 Å². The lowest BCUT2D eigenvalue weighted by Gasteiger charge is -2.21. The van der Waals surface area contributed by atoms with E-state index < -0.39 is 5.60 Å². The van der Waals surface area contributed by atoms with Gasteiger partial charge in [0.15, 0.2) is 5.82 Å². The Bertz CT molecular complexity index is 283. The fourth-order valence-electron chi connectivity index (χ4n) is 1.19. The fraction of sp³-hybridized carbons (Fsp3) is 0.875. The molecule has 0 aliphatic carbocycles. The van der Waals surface area contributed by atoms with Crippen molar-refractivity contribution < 1.29 is 5.11 Å². The first-order valence-electron chi connectivity index (χ1n) is 4.69. The molecule has 1 atom stereocenters. The molecule has 0 saturated carbocycles. The van der Waals surface area contributed by atoms with E-state index >= 15 is 0 Å². The number of rotatable bonds is 5. The average molecular weight is 199 g/mol. The molecular formula is C8H17N5O. The number of aryl methyl sites for hydroxylation is 1. The molecule has 1 unspecified atom stereocenters. The number of nitrogens with one attached hydrogen (secondary N) is 1. The summed E-state index contributed by atoms with van der Waals surface area (Å²) in [5, 5.41) is 24.6. The van der Waals surface area contributed by atoms with Gasteiger partial charge in [-0.25, -0.2) is 0 Å². The molecule has 0 amide bonds. The van der Waals surface area contributed by atoms with Crippen LogP contribution < -0.4 is 5.32 Å². The zero-order valence-corrected chi connectivity index (χ0v) is 8.86. The van der Waals surface area contributed by atoms with Crippen molar-refractivity contribution in [2.45, 2.75) is 25.9 Å². The normalized spacial score (nSPS) is 15.4. The number of likely N-dealkylation sites (N-methyl/N-ethyl adjacent to an activating group) is 1. The summed E-state index contributed by atoms with van der Waals surface area (Å²) in [4.78, 5) is 1.39. The van der Waals surface area contributed by atoms with Crippen LogP contribution >= 0.6 is 0 Å². The molecule has 1 aromatic rings. The molecule has 6 nitrogen and oxygen atoms in total. The average Bonchev–Trinajstić information content (AvgIpc) is 2.47. The molecule has 0 fully saturated rings. The molecule has 0 aromatic carbocycles. The molecule has 0 aliphatic rings. The molecule has 6 heteroatoms. The van der Waals surface area contributed by atoms with E-state index in [9.17, 15) is 5.11 Å². The van der Waals surface area contributed by atoms with Crippen molar-refractivity contribution in [2.75, 3.05) is 13.1 Å². The summed E-state index contributed by atoms with van der Waals surface area (Å²) in [7, 11) is 1.70. The summed E-state index contributed by atoms with van der Waals surface area (Å²) in [5.41, 5.74) is -0.820. The molecule has 0 bridgehead atoms. The van der Waals surface area contributed by atoms with Gasteiger partial charge >= 0.3 is 0 Å². The summed E-state index contributed by atoms with van der Waals surface area (Å²) in [6.07, 6.45) is 0.411. The first kappa shape index (κ1) is 11.1. The van der Waals surface area contributed by atoms with Crippen molar-refractivity contribution in [1.29, 1.82) is 0 Å². The van der Waals surface area contributed by atoms with Crippen LogP contribution in [0, 0.1) is 0 Å². The predicted octanol–water partition coefficient (Wildman–Crippen LogP) is -0.887. The van der Waals surface area contributed by atoms with Crippen LogP contribution in [0.25, 0.3) is 0 Å². The Kier molecular flexibility index (Phi) is 3.54. The quantitative estimate of drug-likeness (QED) is 0.643. The molecule has 0 aliphatic heterocycles. The second kappa shape index (κ2) is 4.47. The van der Waals surface area contributed by atoms with Gasteiger partial charge in [0.2, 0.25) is 0 Å². The topological polar surface area (TPSA) is 75.9 Å². The Hall–Kier alpha value is -1.01. The zero-order chi connectivity index (χ0) is 10.6. The van der Waals surface area contributed by atoms with Crippen LogP contribution in [0.15, 0.2) is 0 Å². The monoisotopic (exact) mass is 199 g/mol. The molecule has 0 spiro atoms. The van der Waals surface area contributed by atoms with Gasteiger partial charge in [0, 0.05) is 13.0 Å². The molecule has 80 valence electrons. The minimum Gasteiger partial charge on any atom is -0.388 e. The van der Waals surface area contributed by atoms with E-state index in [-0.39, 0.29) is 0 Å². The second-order valence-electron chi connectivity index (χ2n) is 3.65. The van der Waals surface area contributed by atoms with Crippen molar-refractivity contribution in [3.05, 3.63) is 5.82 Å². The van der Waals surface area contributed by atoms with Crippen molar-refractivity contribution >= 4 is 0 Å². The predicted molar refractivity (Wildman–Crippen MR) is 51.7 cm³/mol. The van der Waals surface area contributed by atoms with E-state index in [0.717, 1.165) is 6.54 Å². The Labute approximate surface area is 83.3 Å². The van der Waals surface area contributed by atoms with Crippen LogP contribution in [-0.2, 0) is 13.5 Å². The van der Waals surface area contributed by atoms with E-state index in [0.29, 0.717) is 18.8 Å². The molecule has 1 heterocycles. The fourth-order valence-corrected chi connectivity index (χ4v) is 1.19. The molecule has 2 N–H and O–H groups in total. The summed E-state index contributed by atoms with van der Waals surface area (Å²) in [6, 6.07) is 0. The lowest BCUT2D eigenvalue weighted by atomic mass is 10.0. The summed E-state index contributed by atoms with van der Waals surface area (Å²) in [6.45, 7) is 5.12. The molecule has 0 saturated heterocycles. The van der Waals surface area contributed by atoms with Crippen LogP contribution in [0.1, 0.15) is 19.7 Å². The molecule has 1 rings (SSSR count). The Morgan fingerprint density at radius 2 is 2.29 bits per heavy atom. The minimum atomic E-state index is -0.820. The molecule has 0 radical (unpaired) electrons. The van der Waals surface area contributed by atoms with E-state index in [1.165, 1.54) is 4.80 Å². The highest BCUT2D eigenvalue weighted by Crippen LogP contribution is 2.07. The summed E-state index contributed by atoms with van der Waals surface area (Å²) >= 11 is 0. The first-order valence-corrected chi connectivity index (χ1v) is 4.69. The lowest BCUT2D eigenvalue weighted by Crippen LogP contribution is -2.40. The number of aliphatic hydroxyl groups is 1. The Balaban J connectivity index is 2.49. The third-order valence-electron chi connectivity index (χ3n) is 1.84. The highest BCUT2D eigenvalue weighted by Gasteiger charge is 2.22. The first-order chi connectivity index (χ1) is 6.53. The minimum absolute atomic E-state index is 0.411. The number of aromatic nitrogens is 4. The van der Waals surface area contributed by atoms with Gasteiger partial charge in [0.05, 0.1) is 12.6 Å². The second-order valence-corrected chi connectivity index (χ2v) is 3.65. The van der Waals surface area contributed by atoms with Crippen molar-refractivity contribution in [2.24, 2.45) is 7.05 Å². The van der Waals surface area contributed by atoms with Gasteiger partial charge in [-0.1, -0.05) is 6.92 Å². The highest BCUT2D eigenvalue weighted by atomic mass is 16.3. The maximum Gasteiger partial charge on any atom is 0.177 e. The Morgan fingerprint density at radius 3 is 2.79 bits per heavy atom. The third kappa shape index (κ3) is 3.39. The van der Waals surface area contributed by atoms with Gasteiger partial charge in [0.25, 0.3) is 0 Å². The van der Waals surface area contributed by atoms with E-state index in [1.807, 2.05) is 6.92 Å². The molecule has 1 aromatic heterocycles. The largest absolute Gasteiger partial charge is 0.388 e. The van der Waals surface area contributed by atoms with E-state index in [4.69, 9.17) is 0 Å². The highest BCUT2D eigenvalue weighted by molar-refractivity contribution is 4.89. The summed E-state index contributed by atoms with van der Waals surface area (Å²) < 4.78 is 0. The third-order valence-corrected chi connectivity index (χ3v) is 1.84. The van der Waals surface area contributed by atoms with Crippen LogP contribution in [0.5, 0.6) is 0 Å². The smallest absolute Gasteiger partial charge is 0.177 e. The number of hydrogen-bond donors (Lipinski definition) is 2.